The summed E-state index contributed by atoms with van der Waals surface area (Å²) in [7, 11) is 0. The van der Waals surface area contributed by atoms with E-state index in [-0.39, 0.29) is 11.3 Å². The van der Waals surface area contributed by atoms with E-state index in [4.69, 9.17) is 0 Å². The highest BCUT2D eigenvalue weighted by molar-refractivity contribution is 5.91. The van der Waals surface area contributed by atoms with Gasteiger partial charge in [0.2, 0.25) is 11.9 Å². The number of aromatic nitrogens is 2. The van der Waals surface area contributed by atoms with Crippen LogP contribution in [0.15, 0.2) is 12.3 Å². The summed E-state index contributed by atoms with van der Waals surface area (Å²) < 4.78 is 0. The van der Waals surface area contributed by atoms with Crippen molar-refractivity contribution < 1.29 is 4.79 Å². The molecule has 0 aliphatic rings. The summed E-state index contributed by atoms with van der Waals surface area (Å²) in [5.41, 5.74) is 0.982. The van der Waals surface area contributed by atoms with Gasteiger partial charge in [0.05, 0.1) is 0 Å². The van der Waals surface area contributed by atoms with Crippen LogP contribution in [0.1, 0.15) is 66.0 Å². The van der Waals surface area contributed by atoms with Crippen molar-refractivity contribution in [1.82, 2.24) is 9.97 Å². The van der Waals surface area contributed by atoms with Crippen molar-refractivity contribution in [3.63, 3.8) is 0 Å². The van der Waals surface area contributed by atoms with E-state index in [0.717, 1.165) is 31.4 Å². The van der Waals surface area contributed by atoms with Crippen LogP contribution in [0.25, 0.3) is 0 Å². The Morgan fingerprint density at radius 1 is 1.24 bits per heavy atom. The zero-order valence-corrected chi connectivity index (χ0v) is 14.1. The van der Waals surface area contributed by atoms with Gasteiger partial charge in [-0.05, 0) is 24.3 Å². The first kappa shape index (κ1) is 17.6. The molecule has 1 aromatic heterocycles. The molecule has 0 aliphatic carbocycles. The second-order valence-electron chi connectivity index (χ2n) is 6.73. The molecule has 0 bridgehead atoms. The van der Waals surface area contributed by atoms with Crippen LogP contribution in [-0.4, -0.2) is 22.4 Å². The number of amides is 1. The summed E-state index contributed by atoms with van der Waals surface area (Å²) >= 11 is 0. The molecule has 0 radical (unpaired) electrons. The van der Waals surface area contributed by atoms with E-state index in [1.807, 2.05) is 6.07 Å². The first-order valence-electron chi connectivity index (χ1n) is 7.99. The average molecular weight is 291 g/mol. The smallest absolute Gasteiger partial charge is 0.232 e. The maximum Gasteiger partial charge on any atom is 0.232 e. The molecule has 0 spiro atoms. The lowest BCUT2D eigenvalue weighted by Gasteiger charge is -2.25. The van der Waals surface area contributed by atoms with E-state index >= 15 is 0 Å². The molecule has 0 N–H and O–H groups in total. The SMILES string of the molecule is CCCCN(C(=O)CC(C)(C)C)c1nccc(CCC)n1. The molecule has 1 amide bonds. The molecule has 1 heterocycles. The predicted octanol–water partition coefficient (Wildman–Crippen LogP) is 4.00. The number of carbonyl (C=O) groups excluding carboxylic acids is 1. The van der Waals surface area contributed by atoms with Crippen LogP contribution < -0.4 is 4.90 Å². The molecule has 0 saturated heterocycles. The van der Waals surface area contributed by atoms with E-state index < -0.39 is 0 Å². The summed E-state index contributed by atoms with van der Waals surface area (Å²) in [6.45, 7) is 11.2. The lowest BCUT2D eigenvalue weighted by atomic mass is 9.91. The Morgan fingerprint density at radius 3 is 2.52 bits per heavy atom. The molecule has 0 fully saturated rings. The number of nitrogens with zero attached hydrogens (tertiary/aromatic N) is 3. The lowest BCUT2D eigenvalue weighted by Crippen LogP contribution is -2.35. The van der Waals surface area contributed by atoms with Crippen LogP contribution in [0, 0.1) is 5.41 Å². The van der Waals surface area contributed by atoms with Crippen molar-refractivity contribution in [2.24, 2.45) is 5.41 Å². The number of aryl methyl sites for hydroxylation is 1. The molecule has 1 rings (SSSR count). The minimum atomic E-state index is -0.0252. The van der Waals surface area contributed by atoms with Gasteiger partial charge < -0.3 is 0 Å². The molecule has 0 aliphatic heterocycles. The maximum absolute atomic E-state index is 12.6. The monoisotopic (exact) mass is 291 g/mol. The van der Waals surface area contributed by atoms with Crippen molar-refractivity contribution in [1.29, 1.82) is 0 Å². The number of hydrogen-bond donors (Lipinski definition) is 0. The minimum absolute atomic E-state index is 0.0252. The van der Waals surface area contributed by atoms with Crippen LogP contribution in [0.5, 0.6) is 0 Å². The Balaban J connectivity index is 2.95. The topological polar surface area (TPSA) is 46.1 Å². The van der Waals surface area contributed by atoms with Gasteiger partial charge in [-0.25, -0.2) is 9.97 Å². The highest BCUT2D eigenvalue weighted by atomic mass is 16.2. The minimum Gasteiger partial charge on any atom is -0.281 e. The summed E-state index contributed by atoms with van der Waals surface area (Å²) in [6, 6.07) is 1.93. The standard InChI is InChI=1S/C17H29N3O/c1-6-8-12-20(15(21)13-17(3,4)5)16-18-11-10-14(19-16)9-7-2/h10-11H,6-9,12-13H2,1-5H3. The zero-order valence-electron chi connectivity index (χ0n) is 14.1. The molecular formula is C17H29N3O. The molecular weight excluding hydrogens is 262 g/mol. The Labute approximate surface area is 129 Å². The fourth-order valence-corrected chi connectivity index (χ4v) is 2.11. The molecule has 0 unspecified atom stereocenters. The van der Waals surface area contributed by atoms with E-state index in [0.29, 0.717) is 18.9 Å². The first-order valence-corrected chi connectivity index (χ1v) is 7.99. The summed E-state index contributed by atoms with van der Waals surface area (Å²) in [5, 5.41) is 0. The van der Waals surface area contributed by atoms with E-state index in [9.17, 15) is 4.79 Å². The Morgan fingerprint density at radius 2 is 1.95 bits per heavy atom. The summed E-state index contributed by atoms with van der Waals surface area (Å²) in [5.74, 6) is 0.674. The van der Waals surface area contributed by atoms with Gasteiger partial charge in [-0.2, -0.15) is 0 Å². The fourth-order valence-electron chi connectivity index (χ4n) is 2.11. The number of rotatable bonds is 7. The van der Waals surface area contributed by atoms with E-state index in [2.05, 4.69) is 44.6 Å². The quantitative estimate of drug-likeness (QED) is 0.763. The molecule has 4 heteroatoms. The van der Waals surface area contributed by atoms with Crippen LogP contribution in [-0.2, 0) is 11.2 Å². The number of hydrogen-bond acceptors (Lipinski definition) is 3. The van der Waals surface area contributed by atoms with Gasteiger partial charge in [0, 0.05) is 24.9 Å². The predicted molar refractivity (Wildman–Crippen MR) is 87.4 cm³/mol. The number of anilines is 1. The van der Waals surface area contributed by atoms with Crippen LogP contribution in [0.4, 0.5) is 5.95 Å². The van der Waals surface area contributed by atoms with Crippen molar-refractivity contribution in [3.05, 3.63) is 18.0 Å². The van der Waals surface area contributed by atoms with Crippen molar-refractivity contribution in [3.8, 4) is 0 Å². The van der Waals surface area contributed by atoms with Crippen LogP contribution >= 0.6 is 0 Å². The Kier molecular flexibility index (Phi) is 6.79. The van der Waals surface area contributed by atoms with Crippen molar-refractivity contribution in [2.45, 2.75) is 66.7 Å². The van der Waals surface area contributed by atoms with Gasteiger partial charge in [-0.1, -0.05) is 47.5 Å². The second-order valence-corrected chi connectivity index (χ2v) is 6.73. The van der Waals surface area contributed by atoms with Crippen molar-refractivity contribution >= 4 is 11.9 Å². The third kappa shape index (κ3) is 6.23. The molecule has 1 aromatic rings. The molecule has 0 atom stereocenters. The summed E-state index contributed by atoms with van der Waals surface area (Å²) in [4.78, 5) is 23.2. The van der Waals surface area contributed by atoms with Crippen LogP contribution in [0.2, 0.25) is 0 Å². The third-order valence-electron chi connectivity index (χ3n) is 3.17. The fraction of sp³-hybridized carbons (Fsp3) is 0.706. The van der Waals surface area contributed by atoms with Crippen molar-refractivity contribution in [2.75, 3.05) is 11.4 Å². The third-order valence-corrected chi connectivity index (χ3v) is 3.17. The highest BCUT2D eigenvalue weighted by Crippen LogP contribution is 2.22. The van der Waals surface area contributed by atoms with Gasteiger partial charge in [-0.3, -0.25) is 9.69 Å². The summed E-state index contributed by atoms with van der Waals surface area (Å²) in [6.07, 6.45) is 6.26. The first-order chi connectivity index (χ1) is 9.87. The molecule has 118 valence electrons. The Hall–Kier alpha value is -1.45. The molecule has 0 aromatic carbocycles. The zero-order chi connectivity index (χ0) is 15.9. The van der Waals surface area contributed by atoms with Gasteiger partial charge in [0.1, 0.15) is 0 Å². The normalized spacial score (nSPS) is 11.5. The van der Waals surface area contributed by atoms with Gasteiger partial charge in [-0.15, -0.1) is 0 Å². The maximum atomic E-state index is 12.6. The average Bonchev–Trinajstić information content (AvgIpc) is 2.38. The Bertz CT molecular complexity index is 452. The van der Waals surface area contributed by atoms with Crippen LogP contribution in [0.3, 0.4) is 0 Å². The van der Waals surface area contributed by atoms with Gasteiger partial charge >= 0.3 is 0 Å². The van der Waals surface area contributed by atoms with E-state index in [1.165, 1.54) is 0 Å². The molecule has 0 saturated carbocycles. The largest absolute Gasteiger partial charge is 0.281 e. The van der Waals surface area contributed by atoms with Gasteiger partial charge in [0.15, 0.2) is 0 Å². The van der Waals surface area contributed by atoms with Gasteiger partial charge in [0.25, 0.3) is 0 Å². The molecule has 4 nitrogen and oxygen atoms in total. The molecule has 21 heavy (non-hydrogen) atoms. The lowest BCUT2D eigenvalue weighted by molar-refractivity contribution is -0.120. The van der Waals surface area contributed by atoms with E-state index in [1.54, 1.807) is 11.1 Å². The second kappa shape index (κ2) is 8.11. The highest BCUT2D eigenvalue weighted by Gasteiger charge is 2.23. The number of carbonyl (C=O) groups is 1. The number of unbranched alkanes of at least 4 members (excludes halogenated alkanes) is 1.